The molecule has 1 aromatic carbocycles. The van der Waals surface area contributed by atoms with Crippen molar-refractivity contribution >= 4 is 5.91 Å². The molecular formula is C24H25N3O2. The van der Waals surface area contributed by atoms with E-state index in [2.05, 4.69) is 11.1 Å². The molecule has 5 heteroatoms. The molecule has 0 bridgehead atoms. The van der Waals surface area contributed by atoms with Crippen LogP contribution in [0.4, 0.5) is 0 Å². The van der Waals surface area contributed by atoms with Crippen LogP contribution >= 0.6 is 0 Å². The van der Waals surface area contributed by atoms with Crippen molar-refractivity contribution in [2.24, 2.45) is 0 Å². The molecule has 148 valence electrons. The molecule has 0 radical (unpaired) electrons. The lowest BCUT2D eigenvalue weighted by Crippen LogP contribution is -2.32. The number of amides is 1. The number of methoxy groups -OCH3 is 1. The lowest BCUT2D eigenvalue weighted by atomic mass is 10.1. The molecule has 0 aliphatic carbocycles. The van der Waals surface area contributed by atoms with Gasteiger partial charge < -0.3 is 9.64 Å². The Morgan fingerprint density at radius 2 is 1.90 bits per heavy atom. The Hall–Kier alpha value is -3.21. The predicted octanol–water partition coefficient (Wildman–Crippen LogP) is 3.98. The maximum absolute atomic E-state index is 12.9. The highest BCUT2D eigenvalue weighted by Gasteiger charge is 2.31. The Balaban J connectivity index is 1.51. The van der Waals surface area contributed by atoms with Crippen molar-refractivity contribution in [2.45, 2.75) is 31.7 Å². The molecule has 2 aromatic heterocycles. The van der Waals surface area contributed by atoms with E-state index in [1.807, 2.05) is 59.5 Å². The largest absolute Gasteiger partial charge is 0.496 e. The average Bonchev–Trinajstić information content (AvgIpc) is 3.25. The van der Waals surface area contributed by atoms with Crippen LogP contribution in [0.3, 0.4) is 0 Å². The van der Waals surface area contributed by atoms with Crippen LogP contribution in [0.1, 0.15) is 41.5 Å². The number of benzene rings is 1. The Bertz CT molecular complexity index is 975. The molecule has 3 heterocycles. The summed E-state index contributed by atoms with van der Waals surface area (Å²) in [6, 6.07) is 19.8. The van der Waals surface area contributed by atoms with Crippen LogP contribution in [0, 0.1) is 0 Å². The average molecular weight is 387 g/mol. The van der Waals surface area contributed by atoms with Crippen LogP contribution in [0.5, 0.6) is 5.75 Å². The van der Waals surface area contributed by atoms with Gasteiger partial charge in [0.2, 0.25) is 5.91 Å². The third kappa shape index (κ3) is 4.45. The summed E-state index contributed by atoms with van der Waals surface area (Å²) in [6.45, 7) is 0.773. The summed E-state index contributed by atoms with van der Waals surface area (Å²) in [5.74, 6) is 0.982. The molecule has 0 spiro atoms. The zero-order valence-corrected chi connectivity index (χ0v) is 16.6. The number of hydrogen-bond donors (Lipinski definition) is 0. The molecule has 3 aromatic rings. The summed E-state index contributed by atoms with van der Waals surface area (Å²) in [7, 11) is 1.69. The number of likely N-dealkylation sites (tertiary alicyclic amines) is 1. The maximum Gasteiger partial charge on any atom is 0.229 e. The van der Waals surface area contributed by atoms with E-state index in [0.717, 1.165) is 47.8 Å². The monoisotopic (exact) mass is 387 g/mol. The second-order valence-corrected chi connectivity index (χ2v) is 7.29. The molecule has 1 aliphatic rings. The quantitative estimate of drug-likeness (QED) is 0.642. The Morgan fingerprint density at radius 1 is 1.07 bits per heavy atom. The van der Waals surface area contributed by atoms with Crippen molar-refractivity contribution in [1.82, 2.24) is 14.9 Å². The number of carbonyl (C=O) groups excluding carboxylic acids is 1. The van der Waals surface area contributed by atoms with Gasteiger partial charge in [0.25, 0.3) is 0 Å². The molecule has 29 heavy (non-hydrogen) atoms. The van der Waals surface area contributed by atoms with Crippen molar-refractivity contribution in [3.63, 3.8) is 0 Å². The second kappa shape index (κ2) is 8.86. The summed E-state index contributed by atoms with van der Waals surface area (Å²) in [5.41, 5.74) is 3.86. The van der Waals surface area contributed by atoms with Crippen molar-refractivity contribution < 1.29 is 9.53 Å². The number of aromatic nitrogens is 2. The fourth-order valence-electron chi connectivity index (χ4n) is 3.96. The van der Waals surface area contributed by atoms with E-state index >= 15 is 0 Å². The van der Waals surface area contributed by atoms with Gasteiger partial charge in [-0.05, 0) is 43.2 Å². The molecule has 1 aliphatic heterocycles. The minimum atomic E-state index is 0.0313. The fraction of sp³-hybridized carbons (Fsp3) is 0.292. The minimum absolute atomic E-state index is 0.0313. The van der Waals surface area contributed by atoms with Crippen molar-refractivity contribution in [2.75, 3.05) is 13.7 Å². The van der Waals surface area contributed by atoms with Crippen LogP contribution in [0.2, 0.25) is 0 Å². The number of pyridine rings is 2. The summed E-state index contributed by atoms with van der Waals surface area (Å²) >= 11 is 0. The van der Waals surface area contributed by atoms with E-state index in [9.17, 15) is 4.79 Å². The first-order valence-electron chi connectivity index (χ1n) is 10.0. The molecule has 1 saturated heterocycles. The number of hydrogen-bond acceptors (Lipinski definition) is 4. The second-order valence-electron chi connectivity index (χ2n) is 7.29. The zero-order chi connectivity index (χ0) is 20.1. The molecule has 0 saturated carbocycles. The van der Waals surface area contributed by atoms with E-state index < -0.39 is 0 Å². The molecule has 1 amide bonds. The topological polar surface area (TPSA) is 55.3 Å². The van der Waals surface area contributed by atoms with Gasteiger partial charge in [0.05, 0.1) is 25.3 Å². The minimum Gasteiger partial charge on any atom is -0.496 e. The first-order valence-corrected chi connectivity index (χ1v) is 10.0. The first kappa shape index (κ1) is 19.1. The normalized spacial score (nSPS) is 16.0. The van der Waals surface area contributed by atoms with E-state index in [1.54, 1.807) is 13.3 Å². The lowest BCUT2D eigenvalue weighted by Gasteiger charge is -2.24. The van der Waals surface area contributed by atoms with Crippen molar-refractivity contribution in [3.8, 4) is 5.75 Å². The van der Waals surface area contributed by atoms with Gasteiger partial charge in [-0.15, -0.1) is 0 Å². The third-order valence-corrected chi connectivity index (χ3v) is 5.37. The zero-order valence-electron chi connectivity index (χ0n) is 16.6. The van der Waals surface area contributed by atoms with E-state index in [1.165, 1.54) is 0 Å². The lowest BCUT2D eigenvalue weighted by molar-refractivity contribution is -0.131. The van der Waals surface area contributed by atoms with Gasteiger partial charge in [-0.2, -0.15) is 0 Å². The maximum atomic E-state index is 12.9. The predicted molar refractivity (Wildman–Crippen MR) is 112 cm³/mol. The SMILES string of the molecule is COc1ccccc1Cc1cccc(C2CCCN2C(=O)Cc2ccccn2)n1. The van der Waals surface area contributed by atoms with E-state index in [4.69, 9.17) is 9.72 Å². The van der Waals surface area contributed by atoms with Gasteiger partial charge in [0.1, 0.15) is 5.75 Å². The number of carbonyl (C=O) groups is 1. The van der Waals surface area contributed by atoms with Gasteiger partial charge in [0, 0.05) is 36.1 Å². The number of nitrogens with zero attached hydrogens (tertiary/aromatic N) is 3. The van der Waals surface area contributed by atoms with Gasteiger partial charge in [-0.3, -0.25) is 14.8 Å². The van der Waals surface area contributed by atoms with Gasteiger partial charge >= 0.3 is 0 Å². The Labute approximate surface area is 171 Å². The molecule has 5 nitrogen and oxygen atoms in total. The molecule has 4 rings (SSSR count). The van der Waals surface area contributed by atoms with Gasteiger partial charge in [-0.25, -0.2) is 0 Å². The van der Waals surface area contributed by atoms with Crippen LogP contribution in [0.15, 0.2) is 66.9 Å². The summed E-state index contributed by atoms with van der Waals surface area (Å²) in [5, 5.41) is 0. The van der Waals surface area contributed by atoms with Crippen LogP contribution in [-0.4, -0.2) is 34.4 Å². The number of para-hydroxylation sites is 1. The van der Waals surface area contributed by atoms with Crippen LogP contribution in [-0.2, 0) is 17.6 Å². The van der Waals surface area contributed by atoms with Gasteiger partial charge in [-0.1, -0.05) is 30.3 Å². The van der Waals surface area contributed by atoms with E-state index in [-0.39, 0.29) is 11.9 Å². The first-order chi connectivity index (χ1) is 14.2. The highest BCUT2D eigenvalue weighted by Crippen LogP contribution is 2.32. The highest BCUT2D eigenvalue weighted by atomic mass is 16.5. The third-order valence-electron chi connectivity index (χ3n) is 5.37. The summed E-state index contributed by atoms with van der Waals surface area (Å²) < 4.78 is 5.47. The number of rotatable bonds is 6. The van der Waals surface area contributed by atoms with Crippen LogP contribution in [0.25, 0.3) is 0 Å². The Kier molecular flexibility index (Phi) is 5.84. The standard InChI is InChI=1S/C24H25N3O2/c1-29-23-13-3-2-8-18(23)16-20-10-6-11-21(26-20)22-12-7-15-27(22)24(28)17-19-9-4-5-14-25-19/h2-6,8-11,13-14,22H,7,12,15-17H2,1H3. The van der Waals surface area contributed by atoms with Crippen molar-refractivity contribution in [3.05, 3.63) is 89.5 Å². The molecule has 1 fully saturated rings. The molecule has 1 unspecified atom stereocenters. The number of ether oxygens (including phenoxy) is 1. The molecular weight excluding hydrogens is 362 g/mol. The fourth-order valence-corrected chi connectivity index (χ4v) is 3.96. The highest BCUT2D eigenvalue weighted by molar-refractivity contribution is 5.79. The smallest absolute Gasteiger partial charge is 0.229 e. The summed E-state index contributed by atoms with van der Waals surface area (Å²) in [4.78, 5) is 24.1. The van der Waals surface area contributed by atoms with Crippen LogP contribution < -0.4 is 4.74 Å². The van der Waals surface area contributed by atoms with E-state index in [0.29, 0.717) is 12.8 Å². The molecule has 0 N–H and O–H groups in total. The van der Waals surface area contributed by atoms with Crippen molar-refractivity contribution in [1.29, 1.82) is 0 Å². The van der Waals surface area contributed by atoms with Gasteiger partial charge in [0.15, 0.2) is 0 Å². The Morgan fingerprint density at radius 3 is 2.72 bits per heavy atom. The molecule has 1 atom stereocenters. The summed E-state index contributed by atoms with van der Waals surface area (Å²) in [6.07, 6.45) is 4.70.